The molecule has 1 aliphatic rings. The summed E-state index contributed by atoms with van der Waals surface area (Å²) in [4.78, 5) is 6.92. The zero-order chi connectivity index (χ0) is 15.5. The van der Waals surface area contributed by atoms with E-state index in [2.05, 4.69) is 21.4 Å². The van der Waals surface area contributed by atoms with E-state index in [0.717, 1.165) is 38.2 Å². The summed E-state index contributed by atoms with van der Waals surface area (Å²) < 4.78 is 15.8. The second kappa shape index (κ2) is 6.80. The number of benzene rings is 1. The van der Waals surface area contributed by atoms with Gasteiger partial charge in [-0.15, -0.1) is 0 Å². The van der Waals surface area contributed by atoms with Crippen LogP contribution in [-0.2, 0) is 13.1 Å². The summed E-state index contributed by atoms with van der Waals surface area (Å²) in [6.45, 7) is 5.88. The van der Waals surface area contributed by atoms with Crippen molar-refractivity contribution in [2.24, 2.45) is 0 Å². The van der Waals surface area contributed by atoms with E-state index in [4.69, 9.17) is 11.6 Å². The Bertz CT molecular complexity index is 641. The first-order valence-electron chi connectivity index (χ1n) is 7.84. The number of imidazole rings is 1. The van der Waals surface area contributed by atoms with E-state index >= 15 is 0 Å². The second-order valence-corrected chi connectivity index (χ2v) is 6.30. The zero-order valence-electron chi connectivity index (χ0n) is 12.8. The summed E-state index contributed by atoms with van der Waals surface area (Å²) in [5.41, 5.74) is 0.974. The molecule has 3 nitrogen and oxygen atoms in total. The van der Waals surface area contributed by atoms with Crippen LogP contribution in [0.1, 0.15) is 37.1 Å². The minimum absolute atomic E-state index is 0.185. The molecule has 2 aromatic rings. The van der Waals surface area contributed by atoms with Crippen LogP contribution in [0.2, 0.25) is 5.02 Å². The second-order valence-electron chi connectivity index (χ2n) is 5.89. The Balaban J connectivity index is 1.69. The third-order valence-corrected chi connectivity index (χ3v) is 4.66. The maximum Gasteiger partial charge on any atom is 0.142 e. The van der Waals surface area contributed by atoms with Gasteiger partial charge in [0.25, 0.3) is 0 Å². The van der Waals surface area contributed by atoms with Gasteiger partial charge >= 0.3 is 0 Å². The Hall–Kier alpha value is -1.39. The summed E-state index contributed by atoms with van der Waals surface area (Å²) in [6.07, 6.45) is 6.25. The lowest BCUT2D eigenvalue weighted by Gasteiger charge is -2.32. The maximum atomic E-state index is 13.6. The molecule has 1 aromatic heterocycles. The van der Waals surface area contributed by atoms with Gasteiger partial charge in [-0.05, 0) is 44.0 Å². The van der Waals surface area contributed by atoms with Gasteiger partial charge in [0, 0.05) is 37.9 Å². The van der Waals surface area contributed by atoms with E-state index < -0.39 is 0 Å². The van der Waals surface area contributed by atoms with E-state index in [9.17, 15) is 4.39 Å². The molecule has 1 aromatic carbocycles. The fourth-order valence-electron chi connectivity index (χ4n) is 3.25. The Morgan fingerprint density at radius 2 is 2.27 bits per heavy atom. The summed E-state index contributed by atoms with van der Waals surface area (Å²) >= 11 is 5.75. The Morgan fingerprint density at radius 1 is 1.41 bits per heavy atom. The third kappa shape index (κ3) is 3.33. The quantitative estimate of drug-likeness (QED) is 0.846. The lowest BCUT2D eigenvalue weighted by atomic mass is 9.96. The van der Waals surface area contributed by atoms with E-state index in [1.54, 1.807) is 12.1 Å². The Morgan fingerprint density at radius 3 is 3.05 bits per heavy atom. The number of piperidine rings is 1. The van der Waals surface area contributed by atoms with Crippen molar-refractivity contribution in [2.45, 2.75) is 38.8 Å². The highest BCUT2D eigenvalue weighted by Crippen LogP contribution is 2.27. The standard InChI is InChI=1S/C17H21ClFN3/c1-2-22-9-7-20-17(22)14-4-3-8-21(12-14)11-13-5-6-15(18)16(19)10-13/h5-7,9-10,14H,2-4,8,11-12H2,1H3/t14-/m0/s1. The van der Waals surface area contributed by atoms with Gasteiger partial charge in [-0.1, -0.05) is 17.7 Å². The van der Waals surface area contributed by atoms with Gasteiger partial charge in [0.1, 0.15) is 11.6 Å². The average Bonchev–Trinajstić information content (AvgIpc) is 3.00. The van der Waals surface area contributed by atoms with Gasteiger partial charge in [-0.3, -0.25) is 4.90 Å². The molecule has 0 unspecified atom stereocenters. The topological polar surface area (TPSA) is 21.1 Å². The van der Waals surface area contributed by atoms with Crippen molar-refractivity contribution in [1.82, 2.24) is 14.5 Å². The molecule has 22 heavy (non-hydrogen) atoms. The van der Waals surface area contributed by atoms with Crippen molar-refractivity contribution in [3.8, 4) is 0 Å². The number of hydrogen-bond acceptors (Lipinski definition) is 2. The Labute approximate surface area is 135 Å². The van der Waals surface area contributed by atoms with Crippen LogP contribution in [0, 0.1) is 5.82 Å². The van der Waals surface area contributed by atoms with Crippen molar-refractivity contribution in [3.63, 3.8) is 0 Å². The molecule has 0 aliphatic carbocycles. The first-order chi connectivity index (χ1) is 10.7. The van der Waals surface area contributed by atoms with Crippen LogP contribution in [0.3, 0.4) is 0 Å². The minimum atomic E-state index is -0.339. The number of aromatic nitrogens is 2. The van der Waals surface area contributed by atoms with Crippen LogP contribution in [0.25, 0.3) is 0 Å². The summed E-state index contributed by atoms with van der Waals surface area (Å²) in [5.74, 6) is 1.30. The number of rotatable bonds is 4. The SMILES string of the molecule is CCn1ccnc1[C@H]1CCCN(Cc2ccc(Cl)c(F)c2)C1. The molecule has 0 radical (unpaired) electrons. The molecule has 1 saturated heterocycles. The van der Waals surface area contributed by atoms with Gasteiger partial charge in [-0.25, -0.2) is 9.37 Å². The van der Waals surface area contributed by atoms with Crippen LogP contribution in [0.4, 0.5) is 4.39 Å². The van der Waals surface area contributed by atoms with Crippen molar-refractivity contribution in [1.29, 1.82) is 0 Å². The predicted molar refractivity (Wildman–Crippen MR) is 86.6 cm³/mol. The van der Waals surface area contributed by atoms with Crippen LogP contribution < -0.4 is 0 Å². The van der Waals surface area contributed by atoms with Crippen LogP contribution in [0.15, 0.2) is 30.6 Å². The van der Waals surface area contributed by atoms with Gasteiger partial charge in [0.15, 0.2) is 0 Å². The molecule has 0 spiro atoms. The van der Waals surface area contributed by atoms with Crippen molar-refractivity contribution >= 4 is 11.6 Å². The molecule has 1 aliphatic heterocycles. The number of halogens is 2. The van der Waals surface area contributed by atoms with Gasteiger partial charge < -0.3 is 4.57 Å². The van der Waals surface area contributed by atoms with E-state index in [0.29, 0.717) is 5.92 Å². The highest BCUT2D eigenvalue weighted by atomic mass is 35.5. The molecule has 3 rings (SSSR count). The smallest absolute Gasteiger partial charge is 0.142 e. The molecule has 1 atom stereocenters. The number of aryl methyl sites for hydroxylation is 1. The number of hydrogen-bond donors (Lipinski definition) is 0. The molecular weight excluding hydrogens is 301 g/mol. The van der Waals surface area contributed by atoms with Crippen LogP contribution >= 0.6 is 11.6 Å². The normalized spacial score (nSPS) is 19.5. The largest absolute Gasteiger partial charge is 0.335 e. The fraction of sp³-hybridized carbons (Fsp3) is 0.471. The van der Waals surface area contributed by atoms with E-state index in [-0.39, 0.29) is 10.8 Å². The molecule has 5 heteroatoms. The van der Waals surface area contributed by atoms with Crippen molar-refractivity contribution < 1.29 is 4.39 Å². The van der Waals surface area contributed by atoms with Crippen molar-refractivity contribution in [2.75, 3.05) is 13.1 Å². The average molecular weight is 322 g/mol. The summed E-state index contributed by atoms with van der Waals surface area (Å²) in [7, 11) is 0. The van der Waals surface area contributed by atoms with E-state index in [1.807, 2.05) is 18.5 Å². The number of likely N-dealkylation sites (tertiary alicyclic amines) is 1. The molecule has 0 amide bonds. The van der Waals surface area contributed by atoms with E-state index in [1.165, 1.54) is 12.2 Å². The third-order valence-electron chi connectivity index (χ3n) is 4.35. The molecule has 0 N–H and O–H groups in total. The molecule has 0 bridgehead atoms. The monoisotopic (exact) mass is 321 g/mol. The summed E-state index contributed by atoms with van der Waals surface area (Å²) in [6, 6.07) is 5.08. The molecule has 0 saturated carbocycles. The summed E-state index contributed by atoms with van der Waals surface area (Å²) in [5, 5.41) is 0.185. The number of nitrogens with zero attached hydrogens (tertiary/aromatic N) is 3. The fourth-order valence-corrected chi connectivity index (χ4v) is 3.37. The first-order valence-corrected chi connectivity index (χ1v) is 8.22. The predicted octanol–water partition coefficient (Wildman–Crippen LogP) is 4.08. The first kappa shape index (κ1) is 15.5. The van der Waals surface area contributed by atoms with Crippen LogP contribution in [-0.4, -0.2) is 27.5 Å². The molecule has 118 valence electrons. The molecular formula is C17H21ClFN3. The van der Waals surface area contributed by atoms with Gasteiger partial charge in [-0.2, -0.15) is 0 Å². The van der Waals surface area contributed by atoms with Gasteiger partial charge in [0.05, 0.1) is 5.02 Å². The minimum Gasteiger partial charge on any atom is -0.335 e. The Kier molecular flexibility index (Phi) is 4.79. The lowest BCUT2D eigenvalue weighted by molar-refractivity contribution is 0.194. The zero-order valence-corrected chi connectivity index (χ0v) is 13.6. The highest BCUT2D eigenvalue weighted by molar-refractivity contribution is 6.30. The highest BCUT2D eigenvalue weighted by Gasteiger charge is 2.24. The van der Waals surface area contributed by atoms with Crippen LogP contribution in [0.5, 0.6) is 0 Å². The molecule has 2 heterocycles. The van der Waals surface area contributed by atoms with Gasteiger partial charge in [0.2, 0.25) is 0 Å². The molecule has 1 fully saturated rings. The lowest BCUT2D eigenvalue weighted by Crippen LogP contribution is -2.34. The van der Waals surface area contributed by atoms with Crippen molar-refractivity contribution in [3.05, 3.63) is 52.8 Å². The maximum absolute atomic E-state index is 13.6.